The monoisotopic (exact) mass is 758 g/mol. The standard InChI is InChI=1S/C46H67N3O6/c1-4-7-9-11-13-15-27-49(28-16-14-12-10-8-5-2)34-42-31-43(38-25-23-36(35-50)24-26-38)55-45(54-42)41-22-18-21-40(30-41)39-20-17-19-37(29-39)32-47-46(52)48-33-44(51)53-6-3/h17-26,29-30,42-43,45,50H,4-16,27-28,31-35H2,1-3H3,(H2,47,48,52). The number of carbonyl (C=O) groups is 2. The van der Waals surface area contributed by atoms with Crippen LogP contribution in [0.4, 0.5) is 4.79 Å². The number of unbranched alkanes of at least 4 members (excludes halogenated alkanes) is 10. The molecule has 1 saturated heterocycles. The third kappa shape index (κ3) is 16.1. The number of hydrogen-bond acceptors (Lipinski definition) is 7. The molecular weight excluding hydrogens is 691 g/mol. The second-order valence-corrected chi connectivity index (χ2v) is 14.9. The molecule has 1 heterocycles. The molecule has 302 valence electrons. The number of ether oxygens (including phenoxy) is 3. The summed E-state index contributed by atoms with van der Waals surface area (Å²) >= 11 is 0. The van der Waals surface area contributed by atoms with Crippen molar-refractivity contribution in [2.24, 2.45) is 0 Å². The van der Waals surface area contributed by atoms with E-state index >= 15 is 0 Å². The van der Waals surface area contributed by atoms with Crippen LogP contribution in [0.15, 0.2) is 72.8 Å². The van der Waals surface area contributed by atoms with Gasteiger partial charge in [0.15, 0.2) is 6.29 Å². The van der Waals surface area contributed by atoms with E-state index in [1.807, 2.05) is 30.3 Å². The summed E-state index contributed by atoms with van der Waals surface area (Å²) in [6.45, 7) is 9.74. The maximum absolute atomic E-state index is 12.3. The fourth-order valence-electron chi connectivity index (χ4n) is 7.18. The van der Waals surface area contributed by atoms with Crippen molar-refractivity contribution in [3.8, 4) is 11.1 Å². The molecule has 1 fully saturated rings. The number of carbonyl (C=O) groups excluding carboxylic acids is 2. The molecule has 0 bridgehead atoms. The molecule has 1 aliphatic rings. The molecule has 55 heavy (non-hydrogen) atoms. The Morgan fingerprint density at radius 3 is 2.02 bits per heavy atom. The Morgan fingerprint density at radius 1 is 0.727 bits per heavy atom. The van der Waals surface area contributed by atoms with Gasteiger partial charge in [0, 0.05) is 25.1 Å². The molecule has 9 nitrogen and oxygen atoms in total. The van der Waals surface area contributed by atoms with Crippen LogP contribution in [-0.4, -0.2) is 60.9 Å². The van der Waals surface area contributed by atoms with E-state index in [1.54, 1.807) is 6.92 Å². The van der Waals surface area contributed by atoms with Gasteiger partial charge in [-0.15, -0.1) is 0 Å². The second-order valence-electron chi connectivity index (χ2n) is 14.9. The van der Waals surface area contributed by atoms with Crippen molar-refractivity contribution in [3.05, 3.63) is 95.1 Å². The van der Waals surface area contributed by atoms with Crippen molar-refractivity contribution >= 4 is 12.0 Å². The average Bonchev–Trinajstić information content (AvgIpc) is 3.22. The molecule has 0 aliphatic carbocycles. The van der Waals surface area contributed by atoms with Gasteiger partial charge in [-0.2, -0.15) is 0 Å². The van der Waals surface area contributed by atoms with Gasteiger partial charge in [-0.1, -0.05) is 139 Å². The van der Waals surface area contributed by atoms with E-state index in [-0.39, 0.29) is 32.0 Å². The van der Waals surface area contributed by atoms with Gasteiger partial charge in [0.05, 0.1) is 25.4 Å². The Bertz CT molecular complexity index is 1520. The molecular formula is C46H67N3O6. The Labute approximate surface area is 330 Å². The zero-order chi connectivity index (χ0) is 39.1. The number of nitrogens with one attached hydrogen (secondary N) is 2. The fourth-order valence-corrected chi connectivity index (χ4v) is 7.18. The van der Waals surface area contributed by atoms with Gasteiger partial charge in [0.1, 0.15) is 6.54 Å². The highest BCUT2D eigenvalue weighted by Gasteiger charge is 2.33. The van der Waals surface area contributed by atoms with Crippen molar-refractivity contribution in [2.45, 2.75) is 136 Å². The van der Waals surface area contributed by atoms with Gasteiger partial charge in [0.25, 0.3) is 0 Å². The molecule has 0 radical (unpaired) electrons. The van der Waals surface area contributed by atoms with E-state index in [9.17, 15) is 14.7 Å². The minimum atomic E-state index is -0.543. The van der Waals surface area contributed by atoms with Crippen molar-refractivity contribution in [1.29, 1.82) is 0 Å². The Kier molecular flexibility index (Phi) is 20.3. The summed E-state index contributed by atoms with van der Waals surface area (Å²) in [6.07, 6.45) is 15.5. The van der Waals surface area contributed by atoms with Crippen LogP contribution in [0.5, 0.6) is 0 Å². The number of rotatable bonds is 25. The molecule has 3 aromatic rings. The maximum Gasteiger partial charge on any atom is 0.325 e. The Morgan fingerprint density at radius 2 is 1.36 bits per heavy atom. The predicted molar refractivity (Wildman–Crippen MR) is 220 cm³/mol. The van der Waals surface area contributed by atoms with Crippen LogP contribution < -0.4 is 10.6 Å². The zero-order valence-corrected chi connectivity index (χ0v) is 33.7. The summed E-state index contributed by atoms with van der Waals surface area (Å²) in [5.41, 5.74) is 5.91. The number of amides is 2. The molecule has 3 aromatic carbocycles. The smallest absolute Gasteiger partial charge is 0.325 e. The minimum Gasteiger partial charge on any atom is -0.465 e. The molecule has 2 amide bonds. The van der Waals surface area contributed by atoms with Crippen LogP contribution in [0.1, 0.15) is 139 Å². The summed E-state index contributed by atoms with van der Waals surface area (Å²) in [7, 11) is 0. The summed E-state index contributed by atoms with van der Waals surface area (Å²) in [5, 5.41) is 15.0. The van der Waals surface area contributed by atoms with Crippen molar-refractivity contribution < 1.29 is 28.9 Å². The minimum absolute atomic E-state index is 0.00511. The third-order valence-electron chi connectivity index (χ3n) is 10.3. The average molecular weight is 758 g/mol. The summed E-state index contributed by atoms with van der Waals surface area (Å²) in [6, 6.07) is 24.1. The first-order valence-electron chi connectivity index (χ1n) is 21.0. The number of urea groups is 1. The fraction of sp³-hybridized carbons (Fsp3) is 0.565. The van der Waals surface area contributed by atoms with Crippen LogP contribution >= 0.6 is 0 Å². The van der Waals surface area contributed by atoms with Crippen LogP contribution in [0.25, 0.3) is 11.1 Å². The molecule has 9 heteroatoms. The SMILES string of the molecule is CCCCCCCCN(CCCCCCCC)CC1CC(c2ccc(CO)cc2)OC(c2cccc(-c3cccc(CNC(=O)NCC(=O)OCC)c3)c2)O1. The largest absolute Gasteiger partial charge is 0.465 e. The predicted octanol–water partition coefficient (Wildman–Crippen LogP) is 9.78. The van der Waals surface area contributed by atoms with Gasteiger partial charge < -0.3 is 34.9 Å². The maximum atomic E-state index is 12.3. The van der Waals surface area contributed by atoms with Crippen molar-refractivity contribution in [3.63, 3.8) is 0 Å². The molecule has 0 aromatic heterocycles. The van der Waals surface area contributed by atoms with E-state index in [0.29, 0.717) is 6.54 Å². The van der Waals surface area contributed by atoms with Gasteiger partial charge in [0.2, 0.25) is 0 Å². The van der Waals surface area contributed by atoms with Crippen LogP contribution in [-0.2, 0) is 32.2 Å². The number of hydrogen-bond donors (Lipinski definition) is 3. The van der Waals surface area contributed by atoms with E-state index in [2.05, 4.69) is 71.8 Å². The zero-order valence-electron chi connectivity index (χ0n) is 33.7. The van der Waals surface area contributed by atoms with Gasteiger partial charge in [-0.05, 0) is 72.8 Å². The van der Waals surface area contributed by atoms with Gasteiger partial charge >= 0.3 is 12.0 Å². The first kappa shape index (κ1) is 44.0. The lowest BCUT2D eigenvalue weighted by Crippen LogP contribution is -2.40. The summed E-state index contributed by atoms with van der Waals surface area (Å²) in [4.78, 5) is 26.5. The summed E-state index contributed by atoms with van der Waals surface area (Å²) < 4.78 is 18.5. The molecule has 3 N–H and O–H groups in total. The lowest BCUT2D eigenvalue weighted by Gasteiger charge is -2.38. The second kappa shape index (κ2) is 25.4. The van der Waals surface area contributed by atoms with Crippen molar-refractivity contribution in [1.82, 2.24) is 15.5 Å². The molecule has 3 atom stereocenters. The topological polar surface area (TPSA) is 109 Å². The lowest BCUT2D eigenvalue weighted by atomic mass is 9.98. The van der Waals surface area contributed by atoms with E-state index in [1.165, 1.54) is 77.0 Å². The summed E-state index contributed by atoms with van der Waals surface area (Å²) in [5.74, 6) is -0.471. The van der Waals surface area contributed by atoms with Gasteiger partial charge in [-0.25, -0.2) is 4.79 Å². The molecule has 1 aliphatic heterocycles. The highest BCUT2D eigenvalue weighted by molar-refractivity contribution is 5.80. The molecule has 0 spiro atoms. The highest BCUT2D eigenvalue weighted by atomic mass is 16.7. The molecule has 4 rings (SSSR count). The van der Waals surface area contributed by atoms with E-state index in [0.717, 1.165) is 59.4 Å². The van der Waals surface area contributed by atoms with Crippen LogP contribution in [0.3, 0.4) is 0 Å². The first-order chi connectivity index (χ1) is 26.9. The number of aliphatic hydroxyl groups is 1. The Hall–Kier alpha value is -3.76. The number of esters is 1. The van der Waals surface area contributed by atoms with Crippen LogP contribution in [0, 0.1) is 0 Å². The lowest BCUT2D eigenvalue weighted by molar-refractivity contribution is -0.253. The number of aliphatic hydroxyl groups excluding tert-OH is 1. The number of nitrogens with zero attached hydrogens (tertiary/aromatic N) is 1. The van der Waals surface area contributed by atoms with Crippen molar-refractivity contribution in [2.75, 3.05) is 32.8 Å². The quantitative estimate of drug-likeness (QED) is 0.0583. The number of benzene rings is 3. The van der Waals surface area contributed by atoms with Gasteiger partial charge in [-0.3, -0.25) is 4.79 Å². The first-order valence-corrected chi connectivity index (χ1v) is 21.0. The van der Waals surface area contributed by atoms with E-state index < -0.39 is 18.3 Å². The highest BCUT2D eigenvalue weighted by Crippen LogP contribution is 2.39. The van der Waals surface area contributed by atoms with Crippen LogP contribution in [0.2, 0.25) is 0 Å². The Balaban J connectivity index is 1.48. The normalized spacial score (nSPS) is 16.9. The molecule has 0 saturated carbocycles. The van der Waals surface area contributed by atoms with E-state index in [4.69, 9.17) is 14.2 Å². The molecule has 3 unspecified atom stereocenters. The third-order valence-corrected chi connectivity index (χ3v) is 10.3.